The van der Waals surface area contributed by atoms with Crippen LogP contribution in [-0.4, -0.2) is 49.7 Å². The summed E-state index contributed by atoms with van der Waals surface area (Å²) in [6.45, 7) is 4.12. The molecule has 1 fully saturated rings. The Morgan fingerprint density at radius 1 is 1.03 bits per heavy atom. The third-order valence-corrected chi connectivity index (χ3v) is 6.17. The van der Waals surface area contributed by atoms with Gasteiger partial charge >= 0.3 is 0 Å². The topological polar surface area (TPSA) is 24.9 Å². The summed E-state index contributed by atoms with van der Waals surface area (Å²) < 4.78 is 38.5. The largest absolute Gasteiger partial charge is 0.493 e. The van der Waals surface area contributed by atoms with Crippen LogP contribution >= 0.6 is 0 Å². The van der Waals surface area contributed by atoms with Crippen LogP contribution in [0.25, 0.3) is 0 Å². The van der Waals surface area contributed by atoms with E-state index in [1.807, 2.05) is 0 Å². The SMILES string of the molecule is COc1cc2c(cc1OC)CN(C1CCCN(Cc3cccc(F)c3F)C1)CC2. The van der Waals surface area contributed by atoms with E-state index in [1.165, 1.54) is 17.2 Å². The maximum Gasteiger partial charge on any atom is 0.163 e. The van der Waals surface area contributed by atoms with Crippen molar-refractivity contribution in [2.45, 2.75) is 38.4 Å². The summed E-state index contributed by atoms with van der Waals surface area (Å²) >= 11 is 0. The van der Waals surface area contributed by atoms with Crippen molar-refractivity contribution < 1.29 is 18.3 Å². The van der Waals surface area contributed by atoms with E-state index in [4.69, 9.17) is 9.47 Å². The first kappa shape index (κ1) is 20.1. The standard InChI is InChI=1S/C23H28F2N2O2/c1-28-21-11-16-8-10-27(14-18(16)12-22(21)29-2)19-6-4-9-26(15-19)13-17-5-3-7-20(24)23(17)25/h3,5,7,11-12,19H,4,6,8-10,13-15H2,1-2H3. The number of rotatable bonds is 5. The van der Waals surface area contributed by atoms with Gasteiger partial charge in [-0.3, -0.25) is 9.80 Å². The van der Waals surface area contributed by atoms with Crippen molar-refractivity contribution in [1.82, 2.24) is 9.80 Å². The molecule has 2 aromatic carbocycles. The Hall–Kier alpha value is -2.18. The van der Waals surface area contributed by atoms with Gasteiger partial charge in [0.25, 0.3) is 0 Å². The first-order chi connectivity index (χ1) is 14.1. The van der Waals surface area contributed by atoms with Gasteiger partial charge in [0.2, 0.25) is 0 Å². The fourth-order valence-corrected chi connectivity index (χ4v) is 4.60. The third kappa shape index (κ3) is 4.23. The van der Waals surface area contributed by atoms with Crippen LogP contribution in [0.5, 0.6) is 11.5 Å². The van der Waals surface area contributed by atoms with E-state index in [0.717, 1.165) is 56.9 Å². The smallest absolute Gasteiger partial charge is 0.163 e. The zero-order valence-corrected chi connectivity index (χ0v) is 17.1. The number of fused-ring (bicyclic) bond motifs is 1. The Kier molecular flexibility index (Phi) is 6.01. The van der Waals surface area contributed by atoms with E-state index < -0.39 is 11.6 Å². The van der Waals surface area contributed by atoms with E-state index in [0.29, 0.717) is 18.2 Å². The zero-order valence-electron chi connectivity index (χ0n) is 17.1. The van der Waals surface area contributed by atoms with Gasteiger partial charge in [-0.25, -0.2) is 8.78 Å². The Morgan fingerprint density at radius 3 is 2.55 bits per heavy atom. The molecule has 0 aliphatic carbocycles. The molecule has 0 bridgehead atoms. The minimum atomic E-state index is -0.770. The molecule has 0 amide bonds. The molecule has 2 aromatic rings. The summed E-state index contributed by atoms with van der Waals surface area (Å²) in [6.07, 6.45) is 3.17. The van der Waals surface area contributed by atoms with E-state index >= 15 is 0 Å². The molecule has 1 unspecified atom stereocenters. The molecule has 0 radical (unpaired) electrons. The molecule has 29 heavy (non-hydrogen) atoms. The molecule has 2 heterocycles. The summed E-state index contributed by atoms with van der Waals surface area (Å²) in [5.74, 6) is 0.0521. The predicted octanol–water partition coefficient (Wildman–Crippen LogP) is 4.00. The second-order valence-corrected chi connectivity index (χ2v) is 7.94. The molecule has 6 heteroatoms. The van der Waals surface area contributed by atoms with Crippen LogP contribution in [0.15, 0.2) is 30.3 Å². The predicted molar refractivity (Wildman–Crippen MR) is 108 cm³/mol. The average Bonchev–Trinajstić information content (AvgIpc) is 2.75. The monoisotopic (exact) mass is 402 g/mol. The number of piperidine rings is 1. The van der Waals surface area contributed by atoms with Gasteiger partial charge in [-0.1, -0.05) is 12.1 Å². The van der Waals surface area contributed by atoms with E-state index in [-0.39, 0.29) is 0 Å². The summed E-state index contributed by atoms with van der Waals surface area (Å²) in [5.41, 5.74) is 3.03. The lowest BCUT2D eigenvalue weighted by molar-refractivity contribution is 0.0830. The fraction of sp³-hybridized carbons (Fsp3) is 0.478. The number of halogens is 2. The van der Waals surface area contributed by atoms with Gasteiger partial charge in [0, 0.05) is 37.8 Å². The molecular weight excluding hydrogens is 374 g/mol. The second-order valence-electron chi connectivity index (χ2n) is 7.94. The molecule has 0 saturated carbocycles. The number of ether oxygens (including phenoxy) is 2. The molecule has 0 aromatic heterocycles. The van der Waals surface area contributed by atoms with Gasteiger partial charge in [-0.05, 0) is 55.1 Å². The Labute approximate surface area is 171 Å². The zero-order chi connectivity index (χ0) is 20.4. The minimum Gasteiger partial charge on any atom is -0.493 e. The maximum atomic E-state index is 14.1. The van der Waals surface area contributed by atoms with Crippen molar-refractivity contribution in [1.29, 1.82) is 0 Å². The lowest BCUT2D eigenvalue weighted by atomic mass is 9.95. The number of likely N-dealkylation sites (tertiary alicyclic amines) is 1. The first-order valence-electron chi connectivity index (χ1n) is 10.2. The number of hydrogen-bond acceptors (Lipinski definition) is 4. The summed E-state index contributed by atoms with van der Waals surface area (Å²) in [6, 6.07) is 9.03. The Balaban J connectivity index is 1.45. The normalized spacial score (nSPS) is 20.3. The van der Waals surface area contributed by atoms with Gasteiger partial charge in [0.05, 0.1) is 14.2 Å². The molecule has 1 saturated heterocycles. The lowest BCUT2D eigenvalue weighted by Gasteiger charge is -2.41. The summed E-state index contributed by atoms with van der Waals surface area (Å²) in [4.78, 5) is 4.76. The number of hydrogen-bond donors (Lipinski definition) is 0. The molecule has 156 valence electrons. The van der Waals surface area contributed by atoms with Crippen LogP contribution in [0, 0.1) is 11.6 Å². The highest BCUT2D eigenvalue weighted by Crippen LogP contribution is 2.34. The van der Waals surface area contributed by atoms with E-state index in [1.54, 1.807) is 26.4 Å². The highest BCUT2D eigenvalue weighted by Gasteiger charge is 2.29. The van der Waals surface area contributed by atoms with Crippen molar-refractivity contribution in [3.05, 3.63) is 58.7 Å². The van der Waals surface area contributed by atoms with Crippen molar-refractivity contribution in [2.75, 3.05) is 33.9 Å². The minimum absolute atomic E-state index is 0.418. The molecule has 4 nitrogen and oxygen atoms in total. The maximum absolute atomic E-state index is 14.1. The molecule has 0 N–H and O–H groups in total. The quantitative estimate of drug-likeness (QED) is 0.755. The second kappa shape index (κ2) is 8.67. The number of benzene rings is 2. The molecule has 2 aliphatic heterocycles. The van der Waals surface area contributed by atoms with Crippen LogP contribution in [0.3, 0.4) is 0 Å². The van der Waals surface area contributed by atoms with Gasteiger partial charge < -0.3 is 9.47 Å². The molecular formula is C23H28F2N2O2. The van der Waals surface area contributed by atoms with Crippen LogP contribution in [0.4, 0.5) is 8.78 Å². The molecule has 1 atom stereocenters. The van der Waals surface area contributed by atoms with Gasteiger partial charge in [-0.15, -0.1) is 0 Å². The fourth-order valence-electron chi connectivity index (χ4n) is 4.60. The van der Waals surface area contributed by atoms with E-state index in [2.05, 4.69) is 21.9 Å². The van der Waals surface area contributed by atoms with Crippen LogP contribution in [-0.2, 0) is 19.5 Å². The molecule has 4 rings (SSSR count). The van der Waals surface area contributed by atoms with Crippen molar-refractivity contribution >= 4 is 0 Å². The Bertz CT molecular complexity index is 874. The molecule has 0 spiro atoms. The Morgan fingerprint density at radius 2 is 1.79 bits per heavy atom. The van der Waals surface area contributed by atoms with Gasteiger partial charge in [-0.2, -0.15) is 0 Å². The van der Waals surface area contributed by atoms with Crippen molar-refractivity contribution in [2.24, 2.45) is 0 Å². The van der Waals surface area contributed by atoms with Crippen LogP contribution < -0.4 is 9.47 Å². The van der Waals surface area contributed by atoms with Gasteiger partial charge in [0.15, 0.2) is 23.1 Å². The first-order valence-corrected chi connectivity index (χ1v) is 10.2. The summed E-state index contributed by atoms with van der Waals surface area (Å²) in [7, 11) is 3.33. The number of methoxy groups -OCH3 is 2. The van der Waals surface area contributed by atoms with Gasteiger partial charge in [0.1, 0.15) is 0 Å². The van der Waals surface area contributed by atoms with Crippen molar-refractivity contribution in [3.63, 3.8) is 0 Å². The van der Waals surface area contributed by atoms with Crippen LogP contribution in [0.1, 0.15) is 29.5 Å². The molecule has 2 aliphatic rings. The highest BCUT2D eigenvalue weighted by atomic mass is 19.2. The highest BCUT2D eigenvalue weighted by molar-refractivity contribution is 5.48. The number of nitrogens with zero attached hydrogens (tertiary/aromatic N) is 2. The third-order valence-electron chi connectivity index (χ3n) is 6.17. The van der Waals surface area contributed by atoms with Crippen molar-refractivity contribution in [3.8, 4) is 11.5 Å². The lowest BCUT2D eigenvalue weighted by Crippen LogP contribution is -2.49. The summed E-state index contributed by atoms with van der Waals surface area (Å²) in [5, 5.41) is 0. The van der Waals surface area contributed by atoms with E-state index in [9.17, 15) is 8.78 Å². The van der Waals surface area contributed by atoms with Crippen LogP contribution in [0.2, 0.25) is 0 Å². The average molecular weight is 402 g/mol.